The molecule has 0 aliphatic carbocycles. The molecule has 1 saturated heterocycles. The van der Waals surface area contributed by atoms with Crippen LogP contribution in [0.3, 0.4) is 0 Å². The molecular formula is C16H16BClFNO3S. The second-order valence-corrected chi connectivity index (χ2v) is 7.20. The topological polar surface area (TPSA) is 49.8 Å². The van der Waals surface area contributed by atoms with E-state index in [1.807, 2.05) is 24.3 Å². The van der Waals surface area contributed by atoms with Gasteiger partial charge in [-0.3, -0.25) is 4.18 Å². The van der Waals surface area contributed by atoms with Gasteiger partial charge in [-0.2, -0.15) is 0 Å². The van der Waals surface area contributed by atoms with Gasteiger partial charge in [0.05, 0.1) is 6.61 Å². The van der Waals surface area contributed by atoms with Crippen molar-refractivity contribution in [1.82, 2.24) is 4.22 Å². The van der Waals surface area contributed by atoms with E-state index in [0.29, 0.717) is 23.6 Å². The van der Waals surface area contributed by atoms with Crippen molar-refractivity contribution < 1.29 is 17.8 Å². The van der Waals surface area contributed by atoms with Gasteiger partial charge in [-0.1, -0.05) is 35.9 Å². The number of hydrogen-bond acceptors (Lipinski definition) is 3. The van der Waals surface area contributed by atoms with Crippen molar-refractivity contribution in [2.45, 2.75) is 19.3 Å². The van der Waals surface area contributed by atoms with Gasteiger partial charge < -0.3 is 5.02 Å². The summed E-state index contributed by atoms with van der Waals surface area (Å²) in [5.74, 6) is -0.327. The van der Waals surface area contributed by atoms with Gasteiger partial charge in [-0.25, -0.2) is 12.8 Å². The Kier molecular flexibility index (Phi) is 5.37. The van der Waals surface area contributed by atoms with E-state index in [9.17, 15) is 13.6 Å². The third-order valence-electron chi connectivity index (χ3n) is 3.93. The zero-order chi connectivity index (χ0) is 17.3. The maximum Gasteiger partial charge on any atom is 0.390 e. The number of nitrogens with zero attached hydrogens (tertiary/aromatic N) is 1. The van der Waals surface area contributed by atoms with Gasteiger partial charge in [-0.05, 0) is 42.6 Å². The molecule has 1 fully saturated rings. The molecule has 2 atom stereocenters. The standard InChI is InChI=1S/C16H16BClFNO3S/c1-17(21)20-14(10-23-24(20)22)8-11-2-4-12(5-3-11)15-9-13(18)6-7-16(15)19/h2-7,9,14,21H,8,10H2,1H3/t14-,24?/m1/s1. The molecular weight excluding hydrogens is 352 g/mol. The molecule has 0 aromatic heterocycles. The maximum atomic E-state index is 13.9. The smallest absolute Gasteiger partial charge is 0.390 e. The summed E-state index contributed by atoms with van der Waals surface area (Å²) in [6, 6.07) is 11.7. The lowest BCUT2D eigenvalue weighted by atomic mass is 9.86. The van der Waals surface area contributed by atoms with E-state index in [1.165, 1.54) is 16.3 Å². The minimum atomic E-state index is -1.62. The number of hydrogen-bond donors (Lipinski definition) is 1. The third-order valence-corrected chi connectivity index (χ3v) is 5.45. The Labute approximate surface area is 148 Å². The van der Waals surface area contributed by atoms with E-state index < -0.39 is 18.3 Å². The first-order valence-electron chi connectivity index (χ1n) is 7.51. The average molecular weight is 368 g/mol. The van der Waals surface area contributed by atoms with E-state index in [-0.39, 0.29) is 11.9 Å². The summed E-state index contributed by atoms with van der Waals surface area (Å²) in [6.07, 6.45) is 0.578. The number of halogens is 2. The van der Waals surface area contributed by atoms with Gasteiger partial charge in [0.15, 0.2) is 0 Å². The van der Waals surface area contributed by atoms with Crippen LogP contribution in [-0.4, -0.2) is 33.1 Å². The van der Waals surface area contributed by atoms with Gasteiger partial charge in [0.25, 0.3) is 0 Å². The Balaban J connectivity index is 1.78. The van der Waals surface area contributed by atoms with Gasteiger partial charge >= 0.3 is 7.05 Å². The molecule has 0 amide bonds. The summed E-state index contributed by atoms with van der Waals surface area (Å²) >= 11 is 4.32. The quantitative estimate of drug-likeness (QED) is 0.845. The van der Waals surface area contributed by atoms with Crippen molar-refractivity contribution in [3.63, 3.8) is 0 Å². The first-order chi connectivity index (χ1) is 11.5. The van der Waals surface area contributed by atoms with Crippen molar-refractivity contribution in [3.05, 3.63) is 58.9 Å². The molecule has 0 spiro atoms. The summed E-state index contributed by atoms with van der Waals surface area (Å²) in [4.78, 5) is 0. The van der Waals surface area contributed by atoms with Crippen LogP contribution in [0.1, 0.15) is 5.56 Å². The fourth-order valence-corrected chi connectivity index (χ4v) is 3.98. The Hall–Kier alpha value is -1.25. The molecule has 24 heavy (non-hydrogen) atoms. The van der Waals surface area contributed by atoms with Crippen molar-refractivity contribution in [1.29, 1.82) is 0 Å². The first kappa shape index (κ1) is 17.6. The summed E-state index contributed by atoms with van der Waals surface area (Å²) in [5, 5.41) is 10.2. The summed E-state index contributed by atoms with van der Waals surface area (Å²) in [6.45, 7) is 1.85. The van der Waals surface area contributed by atoms with Crippen LogP contribution in [0.5, 0.6) is 0 Å². The molecule has 3 rings (SSSR count). The van der Waals surface area contributed by atoms with Crippen LogP contribution in [0.15, 0.2) is 42.5 Å². The highest BCUT2D eigenvalue weighted by atomic mass is 35.5. The van der Waals surface area contributed by atoms with Crippen LogP contribution < -0.4 is 0 Å². The lowest BCUT2D eigenvalue weighted by Gasteiger charge is -2.20. The second kappa shape index (κ2) is 7.33. The summed E-state index contributed by atoms with van der Waals surface area (Å²) in [7, 11) is -0.849. The summed E-state index contributed by atoms with van der Waals surface area (Å²) < 4.78 is 32.2. The van der Waals surface area contributed by atoms with E-state index in [4.69, 9.17) is 15.8 Å². The second-order valence-electron chi connectivity index (χ2n) is 5.67. The van der Waals surface area contributed by atoms with Crippen LogP contribution in [0.2, 0.25) is 11.8 Å². The zero-order valence-electron chi connectivity index (χ0n) is 13.0. The lowest BCUT2D eigenvalue weighted by molar-refractivity contribution is 0.334. The lowest BCUT2D eigenvalue weighted by Crippen LogP contribution is -2.43. The highest BCUT2D eigenvalue weighted by Crippen LogP contribution is 2.27. The van der Waals surface area contributed by atoms with Gasteiger partial charge in [-0.15, -0.1) is 0 Å². The van der Waals surface area contributed by atoms with Crippen molar-refractivity contribution in [2.75, 3.05) is 6.61 Å². The molecule has 2 aromatic rings. The molecule has 0 saturated carbocycles. The molecule has 1 N–H and O–H groups in total. The predicted octanol–water partition coefficient (Wildman–Crippen LogP) is 3.08. The predicted molar refractivity (Wildman–Crippen MR) is 94.1 cm³/mol. The molecule has 0 radical (unpaired) electrons. The normalized spacial score (nSPS) is 21.2. The third kappa shape index (κ3) is 3.71. The number of benzene rings is 2. The SMILES string of the molecule is CB(O)N1[C@H](Cc2ccc(-c3cc(Cl)ccc3F)cc2)COS1=O. The fourth-order valence-electron chi connectivity index (χ4n) is 2.78. The summed E-state index contributed by atoms with van der Waals surface area (Å²) in [5.41, 5.74) is 2.17. The van der Waals surface area contributed by atoms with Gasteiger partial charge in [0, 0.05) is 16.6 Å². The van der Waals surface area contributed by atoms with Crippen molar-refractivity contribution in [3.8, 4) is 11.1 Å². The largest absolute Gasteiger partial charge is 0.437 e. The van der Waals surface area contributed by atoms with Crippen LogP contribution in [-0.2, 0) is 21.9 Å². The average Bonchev–Trinajstić information content (AvgIpc) is 2.91. The minimum Gasteiger partial charge on any atom is -0.437 e. The van der Waals surface area contributed by atoms with Gasteiger partial charge in [0.2, 0.25) is 11.3 Å². The van der Waals surface area contributed by atoms with Crippen LogP contribution in [0, 0.1) is 5.82 Å². The van der Waals surface area contributed by atoms with E-state index in [2.05, 4.69) is 0 Å². The molecule has 4 nitrogen and oxygen atoms in total. The monoisotopic (exact) mass is 367 g/mol. The van der Waals surface area contributed by atoms with Crippen LogP contribution in [0.4, 0.5) is 4.39 Å². The fraction of sp³-hybridized carbons (Fsp3) is 0.250. The molecule has 1 heterocycles. The van der Waals surface area contributed by atoms with E-state index >= 15 is 0 Å². The van der Waals surface area contributed by atoms with Crippen LogP contribution in [0.25, 0.3) is 11.1 Å². The molecule has 1 aliphatic heterocycles. The minimum absolute atomic E-state index is 0.167. The Morgan fingerprint density at radius 1 is 1.38 bits per heavy atom. The van der Waals surface area contributed by atoms with E-state index in [0.717, 1.165) is 11.1 Å². The Morgan fingerprint density at radius 3 is 2.75 bits per heavy atom. The zero-order valence-corrected chi connectivity index (χ0v) is 14.6. The highest BCUT2D eigenvalue weighted by Gasteiger charge is 2.37. The maximum absolute atomic E-state index is 13.9. The van der Waals surface area contributed by atoms with Gasteiger partial charge in [0.1, 0.15) is 5.82 Å². The molecule has 2 aromatic carbocycles. The molecule has 126 valence electrons. The Morgan fingerprint density at radius 2 is 2.08 bits per heavy atom. The van der Waals surface area contributed by atoms with E-state index in [1.54, 1.807) is 12.9 Å². The molecule has 0 bridgehead atoms. The first-order valence-corrected chi connectivity index (χ1v) is 8.92. The van der Waals surface area contributed by atoms with Crippen molar-refractivity contribution in [2.24, 2.45) is 0 Å². The van der Waals surface area contributed by atoms with Crippen molar-refractivity contribution >= 4 is 29.9 Å². The number of rotatable bonds is 4. The Bertz CT molecular complexity index is 759. The van der Waals surface area contributed by atoms with Crippen LogP contribution >= 0.6 is 11.6 Å². The highest BCUT2D eigenvalue weighted by molar-refractivity contribution is 7.79. The molecule has 8 heteroatoms. The molecule has 1 aliphatic rings. The molecule has 1 unspecified atom stereocenters.